The maximum atomic E-state index is 12.1. The van der Waals surface area contributed by atoms with E-state index in [2.05, 4.69) is 0 Å². The number of para-hydroxylation sites is 1. The van der Waals surface area contributed by atoms with E-state index < -0.39 is 55.2 Å². The summed E-state index contributed by atoms with van der Waals surface area (Å²) in [5, 5.41) is 20.8. The molecule has 10 heteroatoms. The highest BCUT2D eigenvalue weighted by atomic mass is 16.8. The van der Waals surface area contributed by atoms with Gasteiger partial charge >= 0.3 is 11.9 Å². The molecule has 0 saturated carbocycles. The summed E-state index contributed by atoms with van der Waals surface area (Å²) >= 11 is 0. The van der Waals surface area contributed by atoms with E-state index in [9.17, 15) is 24.6 Å². The van der Waals surface area contributed by atoms with Gasteiger partial charge in [-0.3, -0.25) is 14.4 Å². The van der Waals surface area contributed by atoms with Crippen molar-refractivity contribution in [2.24, 2.45) is 0 Å². The Labute approximate surface area is 161 Å². The Balaban J connectivity index is 2.36. The summed E-state index contributed by atoms with van der Waals surface area (Å²) in [4.78, 5) is 40.7. The predicted octanol–water partition coefficient (Wildman–Crippen LogP) is -0.0874. The largest absolute Gasteiger partial charge is 0.455 e. The van der Waals surface area contributed by atoms with Crippen LogP contribution in [0, 0.1) is 0 Å². The molecule has 0 spiro atoms. The Morgan fingerprint density at radius 3 is 2.11 bits per heavy atom. The van der Waals surface area contributed by atoms with E-state index in [1.807, 2.05) is 0 Å². The van der Waals surface area contributed by atoms with Gasteiger partial charge in [-0.05, 0) is 12.1 Å². The summed E-state index contributed by atoms with van der Waals surface area (Å²) in [6.07, 6.45) is -6.89. The van der Waals surface area contributed by atoms with Crippen molar-refractivity contribution in [1.82, 2.24) is 0 Å². The molecule has 1 aromatic rings. The molecule has 0 radical (unpaired) electrons. The Bertz CT molecular complexity index is 696. The number of esters is 2. The maximum Gasteiger partial charge on any atom is 0.303 e. The minimum Gasteiger partial charge on any atom is -0.455 e. The number of hydrogen-bond donors (Lipinski definition) is 2. The SMILES string of the molecule is CC(=O)O[C@H]1[C@H](ON(C(C)=O)c2ccccc2)O[C@H](CO)[C@@H](O)[C@@H]1OC(C)=O. The van der Waals surface area contributed by atoms with E-state index >= 15 is 0 Å². The van der Waals surface area contributed by atoms with E-state index in [-0.39, 0.29) is 0 Å². The molecule has 1 saturated heterocycles. The fraction of sp³-hybridized carbons (Fsp3) is 0.500. The van der Waals surface area contributed by atoms with Gasteiger partial charge in [-0.2, -0.15) is 5.06 Å². The second-order valence-electron chi connectivity index (χ2n) is 6.12. The Kier molecular flexibility index (Phi) is 7.46. The molecule has 1 aliphatic heterocycles. The smallest absolute Gasteiger partial charge is 0.303 e. The van der Waals surface area contributed by atoms with E-state index in [4.69, 9.17) is 19.0 Å². The van der Waals surface area contributed by atoms with Gasteiger partial charge in [-0.15, -0.1) is 0 Å². The number of amides is 1. The van der Waals surface area contributed by atoms with Gasteiger partial charge in [0.05, 0.1) is 12.3 Å². The van der Waals surface area contributed by atoms with Gasteiger partial charge in [-0.25, -0.2) is 4.84 Å². The van der Waals surface area contributed by atoms with Gasteiger partial charge in [-0.1, -0.05) is 18.2 Å². The lowest BCUT2D eigenvalue weighted by molar-refractivity contribution is -0.307. The van der Waals surface area contributed by atoms with Crippen molar-refractivity contribution in [3.8, 4) is 0 Å². The summed E-state index contributed by atoms with van der Waals surface area (Å²) < 4.78 is 15.7. The molecule has 0 bridgehead atoms. The highest BCUT2D eigenvalue weighted by molar-refractivity contribution is 5.89. The van der Waals surface area contributed by atoms with E-state index in [0.717, 1.165) is 18.9 Å². The predicted molar refractivity (Wildman–Crippen MR) is 93.5 cm³/mol. The standard InChI is InChI=1S/C18H23NO9/c1-10(21)19(13-7-5-4-6-8-13)28-18-17(26-12(3)23)16(25-11(2)22)15(24)14(9-20)27-18/h4-8,14-18,20,24H,9H2,1-3H3/t14-,15-,16+,17-,18+/m1/s1. The third-order valence-electron chi connectivity index (χ3n) is 3.89. The normalized spacial score (nSPS) is 27.0. The van der Waals surface area contributed by atoms with E-state index in [0.29, 0.717) is 5.69 Å². The number of carbonyl (C=O) groups excluding carboxylic acids is 3. The zero-order valence-electron chi connectivity index (χ0n) is 15.7. The molecular weight excluding hydrogens is 374 g/mol. The monoisotopic (exact) mass is 397 g/mol. The first-order valence-electron chi connectivity index (χ1n) is 8.56. The van der Waals surface area contributed by atoms with Gasteiger partial charge in [0.1, 0.15) is 12.2 Å². The molecule has 2 rings (SSSR count). The fourth-order valence-corrected chi connectivity index (χ4v) is 2.75. The summed E-state index contributed by atoms with van der Waals surface area (Å²) in [7, 11) is 0. The van der Waals surface area contributed by atoms with Crippen LogP contribution >= 0.6 is 0 Å². The van der Waals surface area contributed by atoms with Gasteiger partial charge in [0.25, 0.3) is 0 Å². The zero-order valence-corrected chi connectivity index (χ0v) is 15.7. The van der Waals surface area contributed by atoms with Crippen LogP contribution in [0.4, 0.5) is 5.69 Å². The molecule has 1 heterocycles. The molecule has 1 aliphatic rings. The van der Waals surface area contributed by atoms with Crippen LogP contribution in [-0.4, -0.2) is 65.4 Å². The minimum atomic E-state index is -1.49. The first-order chi connectivity index (χ1) is 13.2. The van der Waals surface area contributed by atoms with Crippen molar-refractivity contribution >= 4 is 23.5 Å². The second-order valence-corrected chi connectivity index (χ2v) is 6.12. The number of aliphatic hydroxyl groups is 2. The van der Waals surface area contributed by atoms with Gasteiger partial charge < -0.3 is 24.4 Å². The van der Waals surface area contributed by atoms with Crippen molar-refractivity contribution in [3.63, 3.8) is 0 Å². The van der Waals surface area contributed by atoms with Crippen molar-refractivity contribution in [3.05, 3.63) is 30.3 Å². The molecular formula is C18H23NO9. The number of ether oxygens (including phenoxy) is 3. The van der Waals surface area contributed by atoms with Crippen LogP contribution in [-0.2, 0) is 33.4 Å². The quantitative estimate of drug-likeness (QED) is 0.499. The number of carbonyl (C=O) groups is 3. The summed E-state index contributed by atoms with van der Waals surface area (Å²) in [6, 6.07) is 8.32. The number of rotatable bonds is 6. The lowest BCUT2D eigenvalue weighted by atomic mass is 9.98. The third kappa shape index (κ3) is 5.26. The molecule has 0 unspecified atom stereocenters. The van der Waals surface area contributed by atoms with Crippen LogP contribution in [0.1, 0.15) is 20.8 Å². The molecule has 28 heavy (non-hydrogen) atoms. The lowest BCUT2D eigenvalue weighted by Gasteiger charge is -2.43. The van der Waals surface area contributed by atoms with Crippen LogP contribution in [0.3, 0.4) is 0 Å². The van der Waals surface area contributed by atoms with Crippen molar-refractivity contribution in [2.75, 3.05) is 11.7 Å². The van der Waals surface area contributed by atoms with Crippen LogP contribution in [0.15, 0.2) is 30.3 Å². The highest BCUT2D eigenvalue weighted by Crippen LogP contribution is 2.29. The van der Waals surface area contributed by atoms with Crippen LogP contribution in [0.25, 0.3) is 0 Å². The van der Waals surface area contributed by atoms with Crippen LogP contribution < -0.4 is 5.06 Å². The average Bonchev–Trinajstić information content (AvgIpc) is 2.63. The molecule has 1 fully saturated rings. The van der Waals surface area contributed by atoms with Crippen molar-refractivity contribution < 1.29 is 43.6 Å². The van der Waals surface area contributed by atoms with E-state index in [1.165, 1.54) is 6.92 Å². The van der Waals surface area contributed by atoms with E-state index in [1.54, 1.807) is 30.3 Å². The third-order valence-corrected chi connectivity index (χ3v) is 3.89. The number of nitrogens with zero attached hydrogens (tertiary/aromatic N) is 1. The van der Waals surface area contributed by atoms with Crippen LogP contribution in [0.2, 0.25) is 0 Å². The summed E-state index contributed by atoms with van der Waals surface area (Å²) in [6.45, 7) is 2.85. The van der Waals surface area contributed by atoms with Crippen molar-refractivity contribution in [2.45, 2.75) is 51.5 Å². The molecule has 1 amide bonds. The molecule has 1 aromatic carbocycles. The minimum absolute atomic E-state index is 0.371. The molecule has 0 aliphatic carbocycles. The van der Waals surface area contributed by atoms with Crippen molar-refractivity contribution in [1.29, 1.82) is 0 Å². The maximum absolute atomic E-state index is 12.1. The Hall–Kier alpha value is -2.53. The van der Waals surface area contributed by atoms with Gasteiger partial charge in [0.15, 0.2) is 12.2 Å². The molecule has 2 N–H and O–H groups in total. The molecule has 154 valence electrons. The molecule has 5 atom stereocenters. The fourth-order valence-electron chi connectivity index (χ4n) is 2.75. The molecule has 10 nitrogen and oxygen atoms in total. The topological polar surface area (TPSA) is 132 Å². The number of hydroxylamine groups is 1. The van der Waals surface area contributed by atoms with Crippen LogP contribution in [0.5, 0.6) is 0 Å². The lowest BCUT2D eigenvalue weighted by Crippen LogP contribution is -2.62. The zero-order chi connectivity index (χ0) is 20.8. The Morgan fingerprint density at radius 1 is 1.04 bits per heavy atom. The first kappa shape index (κ1) is 21.8. The highest BCUT2D eigenvalue weighted by Gasteiger charge is 2.51. The molecule has 0 aromatic heterocycles. The van der Waals surface area contributed by atoms with Gasteiger partial charge in [0.2, 0.25) is 12.2 Å². The number of aliphatic hydroxyl groups excluding tert-OH is 2. The second kappa shape index (κ2) is 9.60. The number of hydrogen-bond acceptors (Lipinski definition) is 9. The Morgan fingerprint density at radius 2 is 1.61 bits per heavy atom. The number of benzene rings is 1. The summed E-state index contributed by atoms with van der Waals surface area (Å²) in [5.41, 5.74) is 0.371. The first-order valence-corrected chi connectivity index (χ1v) is 8.56. The van der Waals surface area contributed by atoms with Gasteiger partial charge in [0, 0.05) is 20.8 Å². The average molecular weight is 397 g/mol. The number of anilines is 1. The summed E-state index contributed by atoms with van der Waals surface area (Å²) in [5.74, 6) is -2.00.